The van der Waals surface area contributed by atoms with Crippen LogP contribution in [0.2, 0.25) is 0 Å². The zero-order valence-electron chi connectivity index (χ0n) is 14.8. The normalized spacial score (nSPS) is 23.0. The third kappa shape index (κ3) is 4.57. The first kappa shape index (κ1) is 18.7. The van der Waals surface area contributed by atoms with Crippen LogP contribution in [0.4, 0.5) is 0 Å². The monoisotopic (exact) mass is 311 g/mol. The van der Waals surface area contributed by atoms with Crippen LogP contribution in [0.3, 0.4) is 0 Å². The number of ether oxygens (including phenoxy) is 2. The van der Waals surface area contributed by atoms with Gasteiger partial charge in [-0.25, -0.2) is 4.79 Å². The number of carbonyl (C=O) groups excluding carboxylic acids is 2. The highest BCUT2D eigenvalue weighted by molar-refractivity contribution is 5.91. The number of rotatable bonds is 6. The molecule has 1 aliphatic rings. The summed E-state index contributed by atoms with van der Waals surface area (Å²) in [6, 6.07) is 0. The van der Waals surface area contributed by atoms with Crippen LogP contribution in [0, 0.1) is 11.3 Å². The molecule has 0 aromatic rings. The van der Waals surface area contributed by atoms with Gasteiger partial charge in [0.05, 0.1) is 0 Å². The Kier molecular flexibility index (Phi) is 5.44. The van der Waals surface area contributed by atoms with E-state index in [-0.39, 0.29) is 17.2 Å². The van der Waals surface area contributed by atoms with E-state index < -0.39 is 17.3 Å². The van der Waals surface area contributed by atoms with E-state index in [2.05, 4.69) is 5.32 Å². The van der Waals surface area contributed by atoms with Gasteiger partial charge in [-0.05, 0) is 45.1 Å². The zero-order valence-corrected chi connectivity index (χ0v) is 14.8. The van der Waals surface area contributed by atoms with Crippen molar-refractivity contribution in [2.75, 3.05) is 7.11 Å². The fraction of sp³-hybridized carbons (Fsp3) is 0.765. The van der Waals surface area contributed by atoms with Gasteiger partial charge in [0.2, 0.25) is 5.91 Å². The van der Waals surface area contributed by atoms with Crippen LogP contribution in [0.1, 0.15) is 54.4 Å². The Balaban J connectivity index is 2.98. The summed E-state index contributed by atoms with van der Waals surface area (Å²) in [5.41, 5.74) is -2.25. The Labute approximate surface area is 133 Å². The van der Waals surface area contributed by atoms with Crippen LogP contribution in [-0.4, -0.2) is 30.3 Å². The summed E-state index contributed by atoms with van der Waals surface area (Å²) in [6.07, 6.45) is 4.88. The van der Waals surface area contributed by atoms with Crippen molar-refractivity contribution in [3.8, 4) is 0 Å². The summed E-state index contributed by atoms with van der Waals surface area (Å²) < 4.78 is 10.8. The van der Waals surface area contributed by atoms with Crippen LogP contribution in [0.25, 0.3) is 0 Å². The summed E-state index contributed by atoms with van der Waals surface area (Å²) in [7, 11) is 1.39. The van der Waals surface area contributed by atoms with Gasteiger partial charge in [-0.1, -0.05) is 26.8 Å². The zero-order chi connectivity index (χ0) is 17.2. The van der Waals surface area contributed by atoms with Gasteiger partial charge in [0.25, 0.3) is 5.72 Å². The Morgan fingerprint density at radius 1 is 1.32 bits per heavy atom. The smallest absolute Gasteiger partial charge is 0.364 e. The summed E-state index contributed by atoms with van der Waals surface area (Å²) in [4.78, 5) is 24.9. The Hall–Kier alpha value is -1.36. The SMILES string of the molecule is CCC=CC(NC(=O)C1CC1(C)C)(OC)C(=O)OC(C)(C)C. The molecular formula is C17H29NO4. The minimum atomic E-state index is -1.57. The molecule has 2 unspecified atom stereocenters. The molecule has 22 heavy (non-hydrogen) atoms. The highest BCUT2D eigenvalue weighted by Gasteiger charge is 2.53. The molecule has 0 heterocycles. The summed E-state index contributed by atoms with van der Waals surface area (Å²) in [6.45, 7) is 11.3. The van der Waals surface area contributed by atoms with Crippen molar-refractivity contribution >= 4 is 11.9 Å². The van der Waals surface area contributed by atoms with E-state index in [1.54, 1.807) is 32.9 Å². The second-order valence-corrected chi connectivity index (χ2v) is 7.49. The van der Waals surface area contributed by atoms with E-state index in [1.165, 1.54) is 7.11 Å². The molecule has 0 spiro atoms. The van der Waals surface area contributed by atoms with E-state index in [1.807, 2.05) is 20.8 Å². The first-order chi connectivity index (χ1) is 9.97. The average molecular weight is 311 g/mol. The van der Waals surface area contributed by atoms with Gasteiger partial charge < -0.3 is 14.8 Å². The summed E-state index contributed by atoms with van der Waals surface area (Å²) in [5.74, 6) is -0.892. The number of hydrogen-bond donors (Lipinski definition) is 1. The third-order valence-corrected chi connectivity index (χ3v) is 3.75. The fourth-order valence-electron chi connectivity index (χ4n) is 2.19. The molecule has 1 N–H and O–H groups in total. The summed E-state index contributed by atoms with van der Waals surface area (Å²) in [5, 5.41) is 2.73. The van der Waals surface area contributed by atoms with Crippen molar-refractivity contribution in [2.45, 2.75) is 65.7 Å². The van der Waals surface area contributed by atoms with Crippen molar-refractivity contribution < 1.29 is 19.1 Å². The number of amides is 1. The fourth-order valence-corrected chi connectivity index (χ4v) is 2.19. The second kappa shape index (κ2) is 6.41. The van der Waals surface area contributed by atoms with Gasteiger partial charge in [-0.2, -0.15) is 0 Å². The highest BCUT2D eigenvalue weighted by Crippen LogP contribution is 2.51. The lowest BCUT2D eigenvalue weighted by Gasteiger charge is -2.32. The largest absolute Gasteiger partial charge is 0.456 e. The topological polar surface area (TPSA) is 64.6 Å². The lowest BCUT2D eigenvalue weighted by Crippen LogP contribution is -2.57. The van der Waals surface area contributed by atoms with E-state index in [9.17, 15) is 9.59 Å². The molecule has 0 aromatic carbocycles. The van der Waals surface area contributed by atoms with E-state index in [0.717, 1.165) is 12.8 Å². The van der Waals surface area contributed by atoms with Crippen LogP contribution in [0.15, 0.2) is 12.2 Å². The minimum Gasteiger partial charge on any atom is -0.456 e. The molecule has 1 saturated carbocycles. The number of hydrogen-bond acceptors (Lipinski definition) is 4. The van der Waals surface area contributed by atoms with Gasteiger partial charge in [-0.3, -0.25) is 4.79 Å². The molecule has 1 fully saturated rings. The van der Waals surface area contributed by atoms with Crippen molar-refractivity contribution in [2.24, 2.45) is 11.3 Å². The van der Waals surface area contributed by atoms with Gasteiger partial charge in [0.1, 0.15) is 5.60 Å². The molecule has 0 radical (unpaired) electrons. The Bertz CT molecular complexity index is 462. The number of methoxy groups -OCH3 is 1. The number of allylic oxidation sites excluding steroid dienone is 1. The van der Waals surface area contributed by atoms with E-state index >= 15 is 0 Å². The first-order valence-electron chi connectivity index (χ1n) is 7.76. The number of nitrogens with one attached hydrogen (secondary N) is 1. The molecular weight excluding hydrogens is 282 g/mol. The molecule has 1 amide bonds. The predicted molar refractivity (Wildman–Crippen MR) is 85.0 cm³/mol. The molecule has 0 saturated heterocycles. The molecule has 0 aliphatic heterocycles. The van der Waals surface area contributed by atoms with Crippen molar-refractivity contribution in [3.05, 3.63) is 12.2 Å². The predicted octanol–water partition coefficient (Wildman–Crippen LogP) is 2.80. The molecule has 0 aromatic heterocycles. The molecule has 5 heteroatoms. The number of carbonyl (C=O) groups is 2. The first-order valence-corrected chi connectivity index (χ1v) is 7.76. The van der Waals surface area contributed by atoms with Gasteiger partial charge in [-0.15, -0.1) is 0 Å². The highest BCUT2D eigenvalue weighted by atomic mass is 16.6. The molecule has 1 aliphatic carbocycles. The molecule has 5 nitrogen and oxygen atoms in total. The molecule has 1 rings (SSSR count). The Morgan fingerprint density at radius 3 is 2.23 bits per heavy atom. The minimum absolute atomic E-state index is 0.0219. The standard InChI is InChI=1S/C17H29NO4/c1-8-9-10-17(21-7,14(20)22-15(2,3)4)18-13(19)12-11-16(12,5)6/h9-10,12H,8,11H2,1-7H3,(H,18,19). The van der Waals surface area contributed by atoms with Gasteiger partial charge in [0, 0.05) is 13.0 Å². The third-order valence-electron chi connectivity index (χ3n) is 3.75. The lowest BCUT2D eigenvalue weighted by atomic mass is 10.1. The maximum Gasteiger partial charge on any atom is 0.364 e. The number of esters is 1. The van der Waals surface area contributed by atoms with Crippen molar-refractivity contribution in [1.82, 2.24) is 5.32 Å². The van der Waals surface area contributed by atoms with Crippen LogP contribution in [0.5, 0.6) is 0 Å². The van der Waals surface area contributed by atoms with Gasteiger partial charge in [0.15, 0.2) is 0 Å². The molecule has 2 atom stereocenters. The van der Waals surface area contributed by atoms with E-state index in [4.69, 9.17) is 9.47 Å². The summed E-state index contributed by atoms with van der Waals surface area (Å²) >= 11 is 0. The van der Waals surface area contributed by atoms with Crippen LogP contribution >= 0.6 is 0 Å². The lowest BCUT2D eigenvalue weighted by molar-refractivity contribution is -0.180. The second-order valence-electron chi connectivity index (χ2n) is 7.49. The van der Waals surface area contributed by atoms with Gasteiger partial charge >= 0.3 is 5.97 Å². The van der Waals surface area contributed by atoms with E-state index in [0.29, 0.717) is 0 Å². The quantitative estimate of drug-likeness (QED) is 0.465. The Morgan fingerprint density at radius 2 is 1.86 bits per heavy atom. The van der Waals surface area contributed by atoms with Crippen molar-refractivity contribution in [3.63, 3.8) is 0 Å². The van der Waals surface area contributed by atoms with Crippen LogP contribution < -0.4 is 5.32 Å². The van der Waals surface area contributed by atoms with Crippen molar-refractivity contribution in [1.29, 1.82) is 0 Å². The molecule has 126 valence electrons. The van der Waals surface area contributed by atoms with Crippen LogP contribution in [-0.2, 0) is 19.1 Å². The molecule has 0 bridgehead atoms. The maximum atomic E-state index is 12.5. The average Bonchev–Trinajstić information content (AvgIpc) is 3.01. The maximum absolute atomic E-state index is 12.5.